The molecule has 0 unspecified atom stereocenters. The molecule has 156 valence electrons. The van der Waals surface area contributed by atoms with Crippen LogP contribution in [0.25, 0.3) is 0 Å². The number of anilines is 2. The van der Waals surface area contributed by atoms with E-state index in [9.17, 15) is 18.0 Å². The Labute approximate surface area is 174 Å². The Balaban J connectivity index is 1.67. The van der Waals surface area contributed by atoms with Gasteiger partial charge in [0.25, 0.3) is 0 Å². The highest BCUT2D eigenvalue weighted by Gasteiger charge is 2.25. The number of carbonyl (C=O) groups is 2. The standard InChI is InChI=1S/C19H24N4O4S2/c1-3-22(4-2)29(26,27)16-8-5-7-14(11-16)20-17(24)12-15-13-28-19(21-15)23-10-6-9-18(23)25/h5,7-8,11,13H,3-4,6,9-10,12H2,1-2H3,(H,20,24). The summed E-state index contributed by atoms with van der Waals surface area (Å²) in [6, 6.07) is 6.23. The molecule has 0 saturated carbocycles. The molecule has 0 radical (unpaired) electrons. The van der Waals surface area contributed by atoms with Crippen LogP contribution < -0.4 is 10.2 Å². The van der Waals surface area contributed by atoms with Crippen molar-refractivity contribution in [2.24, 2.45) is 0 Å². The van der Waals surface area contributed by atoms with E-state index in [0.29, 0.717) is 42.6 Å². The molecule has 10 heteroatoms. The molecule has 0 aliphatic carbocycles. The van der Waals surface area contributed by atoms with Gasteiger partial charge in [-0.25, -0.2) is 13.4 Å². The Morgan fingerprint density at radius 1 is 1.31 bits per heavy atom. The van der Waals surface area contributed by atoms with Crippen LogP contribution in [0, 0.1) is 0 Å². The van der Waals surface area contributed by atoms with Crippen molar-refractivity contribution in [3.05, 3.63) is 35.3 Å². The number of thiazole rings is 1. The van der Waals surface area contributed by atoms with E-state index in [1.54, 1.807) is 36.3 Å². The van der Waals surface area contributed by atoms with Crippen LogP contribution in [0.4, 0.5) is 10.8 Å². The minimum atomic E-state index is -3.60. The zero-order valence-electron chi connectivity index (χ0n) is 16.4. The quantitative estimate of drug-likeness (QED) is 0.685. The van der Waals surface area contributed by atoms with Gasteiger partial charge in [-0.15, -0.1) is 11.3 Å². The summed E-state index contributed by atoms with van der Waals surface area (Å²) in [5, 5.41) is 5.11. The average molecular weight is 437 g/mol. The fourth-order valence-corrected chi connectivity index (χ4v) is 5.54. The second-order valence-corrected chi connectivity index (χ2v) is 9.39. The third-order valence-electron chi connectivity index (χ3n) is 4.65. The van der Waals surface area contributed by atoms with Crippen LogP contribution in [0.1, 0.15) is 32.4 Å². The Bertz CT molecular complexity index is 999. The summed E-state index contributed by atoms with van der Waals surface area (Å²) in [5.74, 6) is -0.242. The number of nitrogens with one attached hydrogen (secondary N) is 1. The molecule has 2 amide bonds. The summed E-state index contributed by atoms with van der Waals surface area (Å²) >= 11 is 1.34. The number of carbonyl (C=O) groups excluding carboxylic acids is 2. The summed E-state index contributed by atoms with van der Waals surface area (Å²) < 4.78 is 26.7. The minimum absolute atomic E-state index is 0.0472. The van der Waals surface area contributed by atoms with E-state index in [1.807, 2.05) is 0 Å². The zero-order valence-corrected chi connectivity index (χ0v) is 18.1. The van der Waals surface area contributed by atoms with Crippen molar-refractivity contribution >= 4 is 44.0 Å². The van der Waals surface area contributed by atoms with E-state index < -0.39 is 10.0 Å². The van der Waals surface area contributed by atoms with Gasteiger partial charge in [-0.05, 0) is 24.6 Å². The second kappa shape index (κ2) is 9.02. The van der Waals surface area contributed by atoms with Gasteiger partial charge in [0.05, 0.1) is 17.0 Å². The molecule has 0 atom stereocenters. The number of aromatic nitrogens is 1. The Kier molecular flexibility index (Phi) is 6.66. The first kappa shape index (κ1) is 21.4. The molecule has 1 N–H and O–H groups in total. The molecule has 29 heavy (non-hydrogen) atoms. The van der Waals surface area contributed by atoms with Gasteiger partial charge in [0, 0.05) is 37.1 Å². The lowest BCUT2D eigenvalue weighted by molar-refractivity contribution is -0.117. The lowest BCUT2D eigenvalue weighted by Gasteiger charge is -2.18. The molecule has 2 aromatic rings. The average Bonchev–Trinajstić information content (AvgIpc) is 3.31. The van der Waals surface area contributed by atoms with Crippen molar-refractivity contribution in [2.75, 3.05) is 29.9 Å². The number of benzene rings is 1. The molecule has 1 aromatic carbocycles. The van der Waals surface area contributed by atoms with Gasteiger partial charge in [-0.3, -0.25) is 14.5 Å². The van der Waals surface area contributed by atoms with E-state index in [1.165, 1.54) is 27.8 Å². The van der Waals surface area contributed by atoms with Gasteiger partial charge in [-0.2, -0.15) is 4.31 Å². The fraction of sp³-hybridized carbons (Fsp3) is 0.421. The van der Waals surface area contributed by atoms with Crippen molar-refractivity contribution in [3.8, 4) is 0 Å². The van der Waals surface area contributed by atoms with Crippen LogP contribution in [0.2, 0.25) is 0 Å². The molecule has 3 rings (SSSR count). The first-order chi connectivity index (χ1) is 13.8. The maximum atomic E-state index is 12.7. The van der Waals surface area contributed by atoms with E-state index in [2.05, 4.69) is 10.3 Å². The van der Waals surface area contributed by atoms with Crippen molar-refractivity contribution in [1.82, 2.24) is 9.29 Å². The molecule has 2 heterocycles. The van der Waals surface area contributed by atoms with Crippen LogP contribution in [0.5, 0.6) is 0 Å². The molecule has 8 nitrogen and oxygen atoms in total. The van der Waals surface area contributed by atoms with Gasteiger partial charge < -0.3 is 5.32 Å². The number of rotatable bonds is 8. The summed E-state index contributed by atoms with van der Waals surface area (Å²) in [6.45, 7) is 4.98. The topological polar surface area (TPSA) is 99.7 Å². The van der Waals surface area contributed by atoms with Crippen molar-refractivity contribution in [1.29, 1.82) is 0 Å². The summed E-state index contributed by atoms with van der Waals surface area (Å²) in [5.41, 5.74) is 0.988. The molecular weight excluding hydrogens is 412 g/mol. The number of sulfonamides is 1. The number of nitrogens with zero attached hydrogens (tertiary/aromatic N) is 3. The van der Waals surface area contributed by atoms with Crippen molar-refractivity contribution < 1.29 is 18.0 Å². The number of amides is 2. The normalized spacial score (nSPS) is 14.6. The fourth-order valence-electron chi connectivity index (χ4n) is 3.17. The lowest BCUT2D eigenvalue weighted by Crippen LogP contribution is -2.30. The molecule has 1 aliphatic rings. The van der Waals surface area contributed by atoms with Crippen molar-refractivity contribution in [2.45, 2.75) is 38.0 Å². The highest BCUT2D eigenvalue weighted by Crippen LogP contribution is 2.26. The van der Waals surface area contributed by atoms with Gasteiger partial charge >= 0.3 is 0 Å². The minimum Gasteiger partial charge on any atom is -0.326 e. The number of hydrogen-bond acceptors (Lipinski definition) is 6. The molecule has 0 spiro atoms. The highest BCUT2D eigenvalue weighted by molar-refractivity contribution is 7.89. The summed E-state index contributed by atoms with van der Waals surface area (Å²) in [6.07, 6.45) is 1.40. The first-order valence-electron chi connectivity index (χ1n) is 9.50. The number of hydrogen-bond donors (Lipinski definition) is 1. The van der Waals surface area contributed by atoms with E-state index >= 15 is 0 Å². The second-order valence-electron chi connectivity index (χ2n) is 6.61. The Morgan fingerprint density at radius 3 is 2.72 bits per heavy atom. The molecular formula is C19H24N4O4S2. The van der Waals surface area contributed by atoms with Gasteiger partial charge in [0.2, 0.25) is 21.8 Å². The van der Waals surface area contributed by atoms with Crippen LogP contribution in [-0.4, -0.2) is 49.2 Å². The highest BCUT2D eigenvalue weighted by atomic mass is 32.2. The molecule has 1 fully saturated rings. The van der Waals surface area contributed by atoms with Gasteiger partial charge in [0.15, 0.2) is 5.13 Å². The van der Waals surface area contributed by atoms with E-state index in [0.717, 1.165) is 6.42 Å². The third kappa shape index (κ3) is 4.82. The molecule has 1 aliphatic heterocycles. The van der Waals surface area contributed by atoms with Gasteiger partial charge in [0.1, 0.15) is 0 Å². The molecule has 1 aromatic heterocycles. The predicted octanol–water partition coefficient (Wildman–Crippen LogP) is 2.48. The largest absolute Gasteiger partial charge is 0.326 e. The predicted molar refractivity (Wildman–Crippen MR) is 113 cm³/mol. The van der Waals surface area contributed by atoms with Crippen LogP contribution in [-0.2, 0) is 26.0 Å². The monoisotopic (exact) mass is 436 g/mol. The lowest BCUT2D eigenvalue weighted by atomic mass is 10.3. The Hall–Kier alpha value is -2.30. The Morgan fingerprint density at radius 2 is 2.07 bits per heavy atom. The van der Waals surface area contributed by atoms with Crippen molar-refractivity contribution in [3.63, 3.8) is 0 Å². The maximum absolute atomic E-state index is 12.7. The molecule has 0 bridgehead atoms. The van der Waals surface area contributed by atoms with Crippen LogP contribution in [0.15, 0.2) is 34.5 Å². The zero-order chi connectivity index (χ0) is 21.0. The van der Waals surface area contributed by atoms with Crippen LogP contribution >= 0.6 is 11.3 Å². The SMILES string of the molecule is CCN(CC)S(=O)(=O)c1cccc(NC(=O)Cc2csc(N3CCCC3=O)n2)c1. The summed E-state index contributed by atoms with van der Waals surface area (Å²) in [4.78, 5) is 30.4. The summed E-state index contributed by atoms with van der Waals surface area (Å²) in [7, 11) is -3.60. The van der Waals surface area contributed by atoms with E-state index in [4.69, 9.17) is 0 Å². The van der Waals surface area contributed by atoms with Crippen LogP contribution in [0.3, 0.4) is 0 Å². The third-order valence-corrected chi connectivity index (χ3v) is 7.60. The van der Waals surface area contributed by atoms with E-state index in [-0.39, 0.29) is 23.1 Å². The smallest absolute Gasteiger partial charge is 0.243 e. The maximum Gasteiger partial charge on any atom is 0.243 e. The first-order valence-corrected chi connectivity index (χ1v) is 11.8. The van der Waals surface area contributed by atoms with Gasteiger partial charge in [-0.1, -0.05) is 19.9 Å². The molecule has 1 saturated heterocycles.